The lowest BCUT2D eigenvalue weighted by Crippen LogP contribution is -1.99. The average Bonchev–Trinajstić information content (AvgIpc) is 2.66. The molecule has 2 rings (SSSR count). The molecule has 0 radical (unpaired) electrons. The Balaban J connectivity index is 2.21. The van der Waals surface area contributed by atoms with Crippen molar-refractivity contribution in [2.45, 2.75) is 11.4 Å². The predicted octanol–water partition coefficient (Wildman–Crippen LogP) is 4.07. The molecule has 0 saturated heterocycles. The van der Waals surface area contributed by atoms with Gasteiger partial charge < -0.3 is 0 Å². The van der Waals surface area contributed by atoms with Crippen molar-refractivity contribution in [3.05, 3.63) is 48.3 Å². The molecule has 17 heavy (non-hydrogen) atoms. The first-order valence-corrected chi connectivity index (χ1v) is 9.54. The van der Waals surface area contributed by atoms with Gasteiger partial charge in [0.1, 0.15) is 0 Å². The first-order chi connectivity index (χ1) is 7.81. The van der Waals surface area contributed by atoms with Crippen molar-refractivity contribution in [1.82, 2.24) is 9.78 Å². The minimum atomic E-state index is -4.86. The largest absolute Gasteiger partial charge is 0.267 e. The number of nitrogens with zero attached hydrogens (tertiary/aromatic N) is 2. The standard InChI is InChI=1S/C11H13BrF2N2S/c1-17(12,13,14)11-7-15-16(9-11)8-10-5-3-2-4-6-10/h2-7,9,17H,8H2,1H3. The summed E-state index contributed by atoms with van der Waals surface area (Å²) >= 11 is 2.53. The maximum Gasteiger partial charge on any atom is 0.0693 e. The summed E-state index contributed by atoms with van der Waals surface area (Å²) in [5.74, 6) is 0. The smallest absolute Gasteiger partial charge is 0.0693 e. The molecular formula is C11H13BrF2N2S. The van der Waals surface area contributed by atoms with Crippen LogP contribution in [0.5, 0.6) is 0 Å². The van der Waals surface area contributed by atoms with E-state index in [0.29, 0.717) is 6.54 Å². The van der Waals surface area contributed by atoms with Gasteiger partial charge in [-0.05, 0) is 5.56 Å². The highest BCUT2D eigenvalue weighted by atomic mass is 79.9. The molecule has 0 bridgehead atoms. The van der Waals surface area contributed by atoms with Gasteiger partial charge >= 0.3 is 0 Å². The van der Waals surface area contributed by atoms with E-state index in [0.717, 1.165) is 11.8 Å². The number of hydrogen-bond acceptors (Lipinski definition) is 1. The number of halogens is 3. The number of thiol groups is 1. The summed E-state index contributed by atoms with van der Waals surface area (Å²) < 4.78 is 28.9. The monoisotopic (exact) mass is 322 g/mol. The van der Waals surface area contributed by atoms with E-state index in [-0.39, 0.29) is 4.90 Å². The molecular weight excluding hydrogens is 310 g/mol. The summed E-state index contributed by atoms with van der Waals surface area (Å²) in [6.07, 6.45) is 3.57. The number of rotatable bonds is 3. The summed E-state index contributed by atoms with van der Waals surface area (Å²) in [5.41, 5.74) is 1.03. The van der Waals surface area contributed by atoms with Gasteiger partial charge in [0.2, 0.25) is 0 Å². The van der Waals surface area contributed by atoms with Crippen LogP contribution in [0.3, 0.4) is 0 Å². The van der Waals surface area contributed by atoms with Crippen LogP contribution in [-0.2, 0) is 6.54 Å². The fourth-order valence-electron chi connectivity index (χ4n) is 1.46. The second kappa shape index (κ2) is 4.10. The highest BCUT2D eigenvalue weighted by Gasteiger charge is 2.33. The number of aromatic nitrogens is 2. The van der Waals surface area contributed by atoms with Crippen molar-refractivity contribution < 1.29 is 7.77 Å². The lowest BCUT2D eigenvalue weighted by molar-refractivity contribution is 0.684. The molecule has 2 aromatic rings. The van der Waals surface area contributed by atoms with Gasteiger partial charge in [-0.25, -0.2) is 0 Å². The van der Waals surface area contributed by atoms with Gasteiger partial charge in [-0.1, -0.05) is 30.3 Å². The maximum atomic E-state index is 13.7. The molecule has 0 saturated carbocycles. The number of benzene rings is 1. The summed E-state index contributed by atoms with van der Waals surface area (Å²) in [4.78, 5) is -0.0214. The summed E-state index contributed by atoms with van der Waals surface area (Å²) in [6, 6.07) is 9.61. The maximum absolute atomic E-state index is 13.7. The van der Waals surface area contributed by atoms with Crippen LogP contribution in [0.2, 0.25) is 0 Å². The molecule has 6 heteroatoms. The van der Waals surface area contributed by atoms with Crippen LogP contribution < -0.4 is 0 Å². The van der Waals surface area contributed by atoms with Gasteiger partial charge in [-0.3, -0.25) is 4.68 Å². The third-order valence-corrected chi connectivity index (χ3v) is 4.92. The molecule has 0 aliphatic rings. The molecule has 1 heterocycles. The average molecular weight is 323 g/mol. The zero-order chi connectivity index (χ0) is 12.5. The first kappa shape index (κ1) is 12.6. The second-order valence-electron chi connectivity index (χ2n) is 4.06. The van der Waals surface area contributed by atoms with Crippen molar-refractivity contribution in [3.63, 3.8) is 0 Å². The van der Waals surface area contributed by atoms with Crippen molar-refractivity contribution in [2.24, 2.45) is 0 Å². The zero-order valence-electron chi connectivity index (χ0n) is 9.22. The Kier molecular flexibility index (Phi) is 3.03. The van der Waals surface area contributed by atoms with Crippen molar-refractivity contribution in [1.29, 1.82) is 0 Å². The van der Waals surface area contributed by atoms with Crippen LogP contribution in [0.15, 0.2) is 47.6 Å². The molecule has 0 fully saturated rings. The van der Waals surface area contributed by atoms with Gasteiger partial charge in [0.05, 0.1) is 17.6 Å². The molecule has 0 aliphatic carbocycles. The van der Waals surface area contributed by atoms with Crippen LogP contribution in [0.25, 0.3) is 0 Å². The predicted molar refractivity (Wildman–Crippen MR) is 72.1 cm³/mol. The molecule has 0 aliphatic heterocycles. The van der Waals surface area contributed by atoms with Crippen LogP contribution >= 0.6 is 23.2 Å². The highest BCUT2D eigenvalue weighted by molar-refractivity contribution is 9.60. The zero-order valence-corrected chi connectivity index (χ0v) is 11.7. The van der Waals surface area contributed by atoms with Crippen molar-refractivity contribution in [2.75, 3.05) is 6.26 Å². The van der Waals surface area contributed by atoms with Crippen LogP contribution in [-0.4, -0.2) is 16.0 Å². The fraction of sp³-hybridized carbons (Fsp3) is 0.182. The molecule has 1 aromatic heterocycles. The summed E-state index contributed by atoms with van der Waals surface area (Å²) in [6.45, 7) is 0.500. The Morgan fingerprint density at radius 2 is 1.94 bits per heavy atom. The lowest BCUT2D eigenvalue weighted by atomic mass is 10.2. The Morgan fingerprint density at radius 3 is 2.47 bits per heavy atom. The molecule has 0 amide bonds. The van der Waals surface area contributed by atoms with Gasteiger partial charge in [0.25, 0.3) is 0 Å². The molecule has 0 atom stereocenters. The Bertz CT molecular complexity index is 510. The highest BCUT2D eigenvalue weighted by Crippen LogP contribution is 2.82. The quantitative estimate of drug-likeness (QED) is 0.843. The third-order valence-electron chi connectivity index (χ3n) is 2.36. The molecule has 1 aromatic carbocycles. The molecule has 0 N–H and O–H groups in total. The summed E-state index contributed by atoms with van der Waals surface area (Å²) in [7, 11) is -4.86. The van der Waals surface area contributed by atoms with E-state index in [2.05, 4.69) is 19.9 Å². The molecule has 0 spiro atoms. The molecule has 0 unspecified atom stereocenters. The SMILES string of the molecule is C[SH](F)(F)(Br)c1cnn(Cc2ccccc2)c1. The molecule has 94 valence electrons. The Labute approximate surface area is 107 Å². The first-order valence-electron chi connectivity index (χ1n) is 5.05. The van der Waals surface area contributed by atoms with Gasteiger partial charge in [-0.15, -0.1) is 0 Å². The van der Waals surface area contributed by atoms with Crippen LogP contribution in [0, 0.1) is 0 Å². The van der Waals surface area contributed by atoms with E-state index in [4.69, 9.17) is 0 Å². The Hall–Kier alpha value is -0.880. The minimum absolute atomic E-state index is 0.0214. The van der Waals surface area contributed by atoms with E-state index >= 15 is 0 Å². The van der Waals surface area contributed by atoms with E-state index in [1.165, 1.54) is 17.1 Å². The van der Waals surface area contributed by atoms with Gasteiger partial charge in [-0.2, -0.15) is 12.9 Å². The van der Waals surface area contributed by atoms with E-state index in [1.807, 2.05) is 30.3 Å². The van der Waals surface area contributed by atoms with E-state index in [9.17, 15) is 7.77 Å². The lowest BCUT2D eigenvalue weighted by Gasteiger charge is -2.33. The second-order valence-corrected chi connectivity index (χ2v) is 11.7. The van der Waals surface area contributed by atoms with E-state index in [1.54, 1.807) is 0 Å². The van der Waals surface area contributed by atoms with Gasteiger partial charge in [0, 0.05) is 35.6 Å². The summed E-state index contributed by atoms with van der Waals surface area (Å²) in [5, 5.41) is 3.96. The fourth-order valence-corrected chi connectivity index (χ4v) is 2.68. The van der Waals surface area contributed by atoms with Crippen molar-refractivity contribution in [3.8, 4) is 0 Å². The van der Waals surface area contributed by atoms with Crippen molar-refractivity contribution >= 4 is 23.2 Å². The minimum Gasteiger partial charge on any atom is -0.267 e. The Morgan fingerprint density at radius 1 is 1.29 bits per heavy atom. The third kappa shape index (κ3) is 3.29. The van der Waals surface area contributed by atoms with E-state index < -0.39 is 8.37 Å². The molecule has 2 nitrogen and oxygen atoms in total. The topological polar surface area (TPSA) is 17.8 Å². The number of hydrogen-bond donors (Lipinski definition) is 1. The van der Waals surface area contributed by atoms with Gasteiger partial charge in [0.15, 0.2) is 0 Å². The van der Waals surface area contributed by atoms with Crippen LogP contribution in [0.4, 0.5) is 7.77 Å². The normalized spacial score (nSPS) is 14.2. The van der Waals surface area contributed by atoms with Crippen LogP contribution in [0.1, 0.15) is 5.56 Å².